The summed E-state index contributed by atoms with van der Waals surface area (Å²) in [6, 6.07) is 12.0. The van der Waals surface area contributed by atoms with E-state index in [4.69, 9.17) is 4.74 Å². The Labute approximate surface area is 199 Å². The molecule has 1 N–H and O–H groups in total. The van der Waals surface area contributed by atoms with Gasteiger partial charge in [0.15, 0.2) is 0 Å². The lowest BCUT2D eigenvalue weighted by Crippen LogP contribution is -2.38. The third-order valence-electron chi connectivity index (χ3n) is 5.09. The van der Waals surface area contributed by atoms with Crippen molar-refractivity contribution in [2.24, 2.45) is 0 Å². The maximum absolute atomic E-state index is 13.3. The molecule has 1 heterocycles. The Morgan fingerprint density at radius 1 is 0.914 bits per heavy atom. The lowest BCUT2D eigenvalue weighted by Gasteiger charge is -2.31. The van der Waals surface area contributed by atoms with Crippen molar-refractivity contribution in [3.05, 3.63) is 83.7 Å². The zero-order valence-electron chi connectivity index (χ0n) is 17.8. The zero-order valence-corrected chi connectivity index (χ0v) is 19.4. The quantitative estimate of drug-likeness (QED) is 0.478. The van der Waals surface area contributed by atoms with E-state index in [9.17, 15) is 34.4 Å². The van der Waals surface area contributed by atoms with E-state index in [2.05, 4.69) is 4.72 Å². The number of nitrogens with one attached hydrogen (secondary N) is 1. The van der Waals surface area contributed by atoms with E-state index in [1.54, 1.807) is 0 Å². The molecule has 0 atom stereocenters. The average molecular weight is 531 g/mol. The van der Waals surface area contributed by atoms with Crippen molar-refractivity contribution in [1.82, 2.24) is 0 Å². The van der Waals surface area contributed by atoms with Crippen LogP contribution in [0.4, 0.5) is 28.9 Å². The summed E-state index contributed by atoms with van der Waals surface area (Å²) in [6.45, 7) is -0.0130. The normalized spacial score (nSPS) is 14.2. The first kappa shape index (κ1) is 24.8. The highest BCUT2D eigenvalue weighted by Crippen LogP contribution is 2.38. The second-order valence-electron chi connectivity index (χ2n) is 7.62. The van der Waals surface area contributed by atoms with Gasteiger partial charge in [0, 0.05) is 0 Å². The highest BCUT2D eigenvalue weighted by molar-refractivity contribution is 7.93. The lowest BCUT2D eigenvalue weighted by atomic mass is 10.1. The van der Waals surface area contributed by atoms with Crippen molar-refractivity contribution >= 4 is 31.4 Å². The monoisotopic (exact) mass is 530 g/mol. The third kappa shape index (κ3) is 5.51. The molecule has 1 aliphatic rings. The van der Waals surface area contributed by atoms with E-state index >= 15 is 0 Å². The van der Waals surface area contributed by atoms with Gasteiger partial charge >= 0.3 is 6.18 Å². The van der Waals surface area contributed by atoms with Gasteiger partial charge in [-0.1, -0.05) is 12.1 Å². The van der Waals surface area contributed by atoms with Crippen LogP contribution < -0.4 is 13.8 Å². The summed E-state index contributed by atoms with van der Waals surface area (Å²) < 4.78 is 112. The first-order valence-electron chi connectivity index (χ1n) is 10.1. The van der Waals surface area contributed by atoms with Gasteiger partial charge in [-0.2, -0.15) is 13.2 Å². The fourth-order valence-corrected chi connectivity index (χ4v) is 6.11. The molecule has 0 spiro atoms. The molecule has 1 aliphatic heterocycles. The highest BCUT2D eigenvalue weighted by atomic mass is 32.2. The van der Waals surface area contributed by atoms with E-state index in [0.29, 0.717) is 0 Å². The molecular formula is C22H18F4N2O5S2. The SMILES string of the molecule is O=S(=O)(Cc1ccc(C(F)(F)F)cc1)Nc1ccc2c(c1)N(S(=O)(=O)c1ccc(F)cc1)CCO2. The molecule has 0 unspecified atom stereocenters. The highest BCUT2D eigenvalue weighted by Gasteiger charge is 2.31. The average Bonchev–Trinajstić information content (AvgIpc) is 2.78. The van der Waals surface area contributed by atoms with Crippen LogP contribution in [0.25, 0.3) is 0 Å². The number of alkyl halides is 3. The summed E-state index contributed by atoms with van der Waals surface area (Å²) in [5.74, 6) is -1.00. The summed E-state index contributed by atoms with van der Waals surface area (Å²) in [4.78, 5) is -0.153. The molecule has 0 aliphatic carbocycles. The van der Waals surface area contributed by atoms with Crippen LogP contribution in [0.3, 0.4) is 0 Å². The molecule has 13 heteroatoms. The van der Waals surface area contributed by atoms with Gasteiger partial charge in [0.25, 0.3) is 10.0 Å². The fourth-order valence-electron chi connectivity index (χ4n) is 3.47. The van der Waals surface area contributed by atoms with Gasteiger partial charge in [0.1, 0.15) is 18.2 Å². The van der Waals surface area contributed by atoms with Crippen LogP contribution >= 0.6 is 0 Å². The molecule has 0 amide bonds. The predicted molar refractivity (Wildman–Crippen MR) is 121 cm³/mol. The summed E-state index contributed by atoms with van der Waals surface area (Å²) >= 11 is 0. The number of hydrogen-bond donors (Lipinski definition) is 1. The molecule has 0 aromatic heterocycles. The maximum Gasteiger partial charge on any atom is 0.416 e. The van der Waals surface area contributed by atoms with Crippen molar-refractivity contribution in [3.8, 4) is 5.75 Å². The number of halogens is 4. The molecule has 0 fully saturated rings. The Morgan fingerprint density at radius 2 is 1.57 bits per heavy atom. The van der Waals surface area contributed by atoms with Crippen LogP contribution in [0.2, 0.25) is 0 Å². The van der Waals surface area contributed by atoms with Crippen molar-refractivity contribution in [2.75, 3.05) is 22.2 Å². The smallest absolute Gasteiger partial charge is 0.416 e. The van der Waals surface area contributed by atoms with E-state index in [1.807, 2.05) is 0 Å². The van der Waals surface area contributed by atoms with Crippen LogP contribution in [0.15, 0.2) is 71.6 Å². The molecule has 35 heavy (non-hydrogen) atoms. The van der Waals surface area contributed by atoms with Gasteiger partial charge in [-0.15, -0.1) is 0 Å². The molecule has 0 radical (unpaired) electrons. The van der Waals surface area contributed by atoms with E-state index in [1.165, 1.54) is 18.2 Å². The molecule has 4 rings (SSSR count). The Bertz CT molecular complexity index is 1440. The molecular weight excluding hydrogens is 512 g/mol. The number of nitrogens with zero attached hydrogens (tertiary/aromatic N) is 1. The van der Waals surface area contributed by atoms with Crippen molar-refractivity contribution in [1.29, 1.82) is 0 Å². The molecule has 7 nitrogen and oxygen atoms in total. The van der Waals surface area contributed by atoms with Crippen molar-refractivity contribution in [3.63, 3.8) is 0 Å². The summed E-state index contributed by atoms with van der Waals surface area (Å²) in [7, 11) is -8.15. The van der Waals surface area contributed by atoms with Gasteiger partial charge in [0.2, 0.25) is 10.0 Å². The Hall–Kier alpha value is -3.32. The minimum atomic E-state index is -4.54. The Balaban J connectivity index is 1.58. The zero-order chi connectivity index (χ0) is 25.4. The summed E-state index contributed by atoms with van der Waals surface area (Å²) in [6.07, 6.45) is -4.54. The fraction of sp³-hybridized carbons (Fsp3) is 0.182. The topological polar surface area (TPSA) is 92.8 Å². The van der Waals surface area contributed by atoms with Gasteiger partial charge in [-0.3, -0.25) is 9.03 Å². The van der Waals surface area contributed by atoms with Gasteiger partial charge < -0.3 is 4.74 Å². The van der Waals surface area contributed by atoms with Crippen LogP contribution in [-0.2, 0) is 32.0 Å². The molecule has 3 aromatic carbocycles. The van der Waals surface area contributed by atoms with Crippen LogP contribution in [0.1, 0.15) is 11.1 Å². The van der Waals surface area contributed by atoms with E-state index in [-0.39, 0.29) is 40.7 Å². The largest absolute Gasteiger partial charge is 0.489 e. The van der Waals surface area contributed by atoms with E-state index < -0.39 is 43.4 Å². The summed E-state index contributed by atoms with van der Waals surface area (Å²) in [5.41, 5.74) is -0.660. The first-order chi connectivity index (χ1) is 16.3. The van der Waals surface area contributed by atoms with Crippen LogP contribution in [-0.4, -0.2) is 30.0 Å². The second-order valence-corrected chi connectivity index (χ2v) is 11.2. The Morgan fingerprint density at radius 3 is 2.20 bits per heavy atom. The number of anilines is 2. The number of hydrogen-bond acceptors (Lipinski definition) is 5. The minimum Gasteiger partial charge on any atom is -0.489 e. The number of fused-ring (bicyclic) bond motifs is 1. The number of sulfonamides is 2. The van der Waals surface area contributed by atoms with Gasteiger partial charge in [-0.25, -0.2) is 21.2 Å². The van der Waals surface area contributed by atoms with Crippen molar-refractivity contribution < 1.29 is 39.1 Å². The molecule has 0 bridgehead atoms. The summed E-state index contributed by atoms with van der Waals surface area (Å²) in [5, 5.41) is 0. The molecule has 3 aromatic rings. The van der Waals surface area contributed by atoms with Crippen LogP contribution in [0.5, 0.6) is 5.75 Å². The maximum atomic E-state index is 13.3. The number of ether oxygens (including phenoxy) is 1. The number of benzene rings is 3. The first-order valence-corrected chi connectivity index (χ1v) is 13.2. The van der Waals surface area contributed by atoms with Gasteiger partial charge in [-0.05, 0) is 60.2 Å². The standard InChI is InChI=1S/C22H18F4N2O5S2/c23-17-5-8-19(9-6-17)35(31,32)28-11-12-33-21-10-7-18(13-20(21)28)27-34(29,30)14-15-1-3-16(4-2-15)22(24,25)26/h1-10,13,27H,11-12,14H2. The molecule has 0 saturated carbocycles. The third-order valence-corrected chi connectivity index (χ3v) is 8.18. The van der Waals surface area contributed by atoms with Crippen LogP contribution in [0, 0.1) is 5.82 Å². The molecule has 0 saturated heterocycles. The molecule has 186 valence electrons. The van der Waals surface area contributed by atoms with E-state index in [0.717, 1.165) is 52.8 Å². The minimum absolute atomic E-state index is 0.0282. The Kier molecular flexibility index (Phi) is 6.40. The van der Waals surface area contributed by atoms with Gasteiger partial charge in [0.05, 0.1) is 34.1 Å². The second kappa shape index (κ2) is 9.04. The predicted octanol–water partition coefficient (Wildman–Crippen LogP) is 4.37. The van der Waals surface area contributed by atoms with Crippen molar-refractivity contribution in [2.45, 2.75) is 16.8 Å². The lowest BCUT2D eigenvalue weighted by molar-refractivity contribution is -0.137. The number of rotatable bonds is 6.